The zero-order chi connectivity index (χ0) is 12.2. The standard InChI is InChI=1S/C9H19N3.2C2H6.CH4/c1(9-7-11-8-9)4-12-5-2-10-3-6-12;2*1-2;/h9-11H,1-8H2;2*1-2H3;1H4. The van der Waals surface area contributed by atoms with Crippen molar-refractivity contribution < 1.29 is 0 Å². The molecule has 2 aliphatic heterocycles. The second kappa shape index (κ2) is 13.9. The number of hydrogen-bond donors (Lipinski definition) is 2. The summed E-state index contributed by atoms with van der Waals surface area (Å²) in [4.78, 5) is 2.58. The van der Waals surface area contributed by atoms with E-state index < -0.39 is 0 Å². The molecular weight excluding hydrogens is 210 g/mol. The van der Waals surface area contributed by atoms with Crippen LogP contribution in [-0.4, -0.2) is 50.7 Å². The zero-order valence-corrected chi connectivity index (χ0v) is 11.7. The van der Waals surface area contributed by atoms with Crippen LogP contribution in [0.25, 0.3) is 0 Å². The number of nitrogens with zero attached hydrogens (tertiary/aromatic N) is 1. The summed E-state index contributed by atoms with van der Waals surface area (Å²) in [5.41, 5.74) is 0. The van der Waals surface area contributed by atoms with Gasteiger partial charge in [-0.2, -0.15) is 0 Å². The van der Waals surface area contributed by atoms with E-state index in [1.165, 1.54) is 52.2 Å². The molecule has 0 aromatic carbocycles. The van der Waals surface area contributed by atoms with Crippen molar-refractivity contribution in [2.75, 3.05) is 45.8 Å². The first-order valence-corrected chi connectivity index (χ1v) is 7.09. The fourth-order valence-electron chi connectivity index (χ4n) is 1.85. The van der Waals surface area contributed by atoms with Gasteiger partial charge < -0.3 is 15.5 Å². The Labute approximate surface area is 109 Å². The van der Waals surface area contributed by atoms with Crippen LogP contribution in [-0.2, 0) is 0 Å². The predicted octanol–water partition coefficient (Wildman–Crippen LogP) is 2.19. The van der Waals surface area contributed by atoms with E-state index in [1.54, 1.807) is 0 Å². The Morgan fingerprint density at radius 1 is 0.941 bits per heavy atom. The molecule has 0 radical (unpaired) electrons. The van der Waals surface area contributed by atoms with Crippen molar-refractivity contribution in [3.05, 3.63) is 0 Å². The van der Waals surface area contributed by atoms with Gasteiger partial charge in [0.25, 0.3) is 0 Å². The monoisotopic (exact) mass is 245 g/mol. The lowest BCUT2D eigenvalue weighted by atomic mass is 9.99. The molecule has 0 aromatic rings. The number of piperazine rings is 1. The molecule has 2 N–H and O–H groups in total. The largest absolute Gasteiger partial charge is 0.316 e. The van der Waals surface area contributed by atoms with Gasteiger partial charge in [-0.05, 0) is 32.0 Å². The summed E-state index contributed by atoms with van der Waals surface area (Å²) in [5.74, 6) is 0.972. The van der Waals surface area contributed by atoms with E-state index in [9.17, 15) is 0 Å². The van der Waals surface area contributed by atoms with Gasteiger partial charge in [-0.3, -0.25) is 0 Å². The maximum Gasteiger partial charge on any atom is 0.0107 e. The average Bonchev–Trinajstić information content (AvgIpc) is 2.34. The van der Waals surface area contributed by atoms with Gasteiger partial charge >= 0.3 is 0 Å². The average molecular weight is 245 g/mol. The zero-order valence-electron chi connectivity index (χ0n) is 11.7. The van der Waals surface area contributed by atoms with Crippen molar-refractivity contribution >= 4 is 0 Å². The summed E-state index contributed by atoms with van der Waals surface area (Å²) < 4.78 is 0. The van der Waals surface area contributed by atoms with Gasteiger partial charge in [0.15, 0.2) is 0 Å². The molecule has 2 saturated heterocycles. The molecule has 0 aliphatic carbocycles. The molecule has 3 nitrogen and oxygen atoms in total. The SMILES string of the molecule is C.C1CN(CCC2CNC2)CCN1.CC.CC. The molecule has 0 unspecified atom stereocenters. The first kappa shape index (κ1) is 19.2. The normalized spacial score (nSPS) is 19.8. The van der Waals surface area contributed by atoms with Crippen LogP contribution in [0.1, 0.15) is 41.5 Å². The lowest BCUT2D eigenvalue weighted by Crippen LogP contribution is -2.47. The topological polar surface area (TPSA) is 27.3 Å². The lowest BCUT2D eigenvalue weighted by Gasteiger charge is -2.32. The molecule has 2 fully saturated rings. The third kappa shape index (κ3) is 8.58. The highest BCUT2D eigenvalue weighted by Gasteiger charge is 2.18. The quantitative estimate of drug-likeness (QED) is 0.798. The predicted molar refractivity (Wildman–Crippen MR) is 79.7 cm³/mol. The first-order valence-electron chi connectivity index (χ1n) is 7.09. The number of nitrogens with one attached hydrogen (secondary N) is 2. The summed E-state index contributed by atoms with van der Waals surface area (Å²) >= 11 is 0. The fraction of sp³-hybridized carbons (Fsp3) is 1.00. The molecule has 17 heavy (non-hydrogen) atoms. The summed E-state index contributed by atoms with van der Waals surface area (Å²) in [5, 5.41) is 6.69. The summed E-state index contributed by atoms with van der Waals surface area (Å²) in [6.07, 6.45) is 1.40. The Morgan fingerprint density at radius 2 is 1.47 bits per heavy atom. The van der Waals surface area contributed by atoms with Gasteiger partial charge in [0.1, 0.15) is 0 Å². The molecule has 3 heteroatoms. The van der Waals surface area contributed by atoms with E-state index in [0.29, 0.717) is 0 Å². The fourth-order valence-corrected chi connectivity index (χ4v) is 1.85. The van der Waals surface area contributed by atoms with Gasteiger partial charge in [-0.1, -0.05) is 35.1 Å². The van der Waals surface area contributed by atoms with E-state index >= 15 is 0 Å². The van der Waals surface area contributed by atoms with Crippen LogP contribution in [0.15, 0.2) is 0 Å². The summed E-state index contributed by atoms with van der Waals surface area (Å²) in [6, 6.07) is 0. The van der Waals surface area contributed by atoms with Crippen LogP contribution < -0.4 is 10.6 Å². The van der Waals surface area contributed by atoms with Gasteiger partial charge in [-0.15, -0.1) is 0 Å². The molecule has 0 saturated carbocycles. The van der Waals surface area contributed by atoms with E-state index in [-0.39, 0.29) is 7.43 Å². The van der Waals surface area contributed by atoms with E-state index in [1.807, 2.05) is 27.7 Å². The lowest BCUT2D eigenvalue weighted by molar-refractivity contribution is 0.206. The third-order valence-corrected chi connectivity index (χ3v) is 2.93. The van der Waals surface area contributed by atoms with E-state index in [4.69, 9.17) is 0 Å². The highest BCUT2D eigenvalue weighted by atomic mass is 15.2. The van der Waals surface area contributed by atoms with Gasteiger partial charge in [-0.25, -0.2) is 0 Å². The molecule has 2 aliphatic rings. The van der Waals surface area contributed by atoms with Crippen molar-refractivity contribution in [1.82, 2.24) is 15.5 Å². The van der Waals surface area contributed by atoms with Crippen LogP contribution in [0.4, 0.5) is 0 Å². The van der Waals surface area contributed by atoms with Crippen LogP contribution in [0.3, 0.4) is 0 Å². The molecule has 106 valence electrons. The molecule has 0 amide bonds. The van der Waals surface area contributed by atoms with Crippen LogP contribution in [0.5, 0.6) is 0 Å². The maximum absolute atomic E-state index is 3.38. The van der Waals surface area contributed by atoms with Gasteiger partial charge in [0.05, 0.1) is 0 Å². The van der Waals surface area contributed by atoms with Crippen molar-refractivity contribution in [2.45, 2.75) is 41.5 Å². The smallest absolute Gasteiger partial charge is 0.0107 e. The van der Waals surface area contributed by atoms with Crippen molar-refractivity contribution in [2.24, 2.45) is 5.92 Å². The van der Waals surface area contributed by atoms with Crippen molar-refractivity contribution in [3.8, 4) is 0 Å². The second-order valence-electron chi connectivity index (χ2n) is 3.90. The Bertz CT molecular complexity index is 129. The van der Waals surface area contributed by atoms with Gasteiger partial charge in [0.2, 0.25) is 0 Å². The Hall–Kier alpha value is -0.120. The van der Waals surface area contributed by atoms with Crippen LogP contribution >= 0.6 is 0 Å². The minimum Gasteiger partial charge on any atom is -0.316 e. The van der Waals surface area contributed by atoms with Crippen LogP contribution in [0, 0.1) is 5.92 Å². The molecule has 0 aromatic heterocycles. The summed E-state index contributed by atoms with van der Waals surface area (Å²) in [7, 11) is 0. The molecule has 2 rings (SSSR count). The maximum atomic E-state index is 3.38. The molecule has 0 bridgehead atoms. The number of hydrogen-bond acceptors (Lipinski definition) is 3. The summed E-state index contributed by atoms with van der Waals surface area (Å²) in [6.45, 7) is 16.7. The molecule has 0 atom stereocenters. The third-order valence-electron chi connectivity index (χ3n) is 2.93. The Morgan fingerprint density at radius 3 is 1.88 bits per heavy atom. The number of rotatable bonds is 3. The van der Waals surface area contributed by atoms with E-state index in [2.05, 4.69) is 15.5 Å². The van der Waals surface area contributed by atoms with Crippen molar-refractivity contribution in [3.63, 3.8) is 0 Å². The van der Waals surface area contributed by atoms with Crippen LogP contribution in [0.2, 0.25) is 0 Å². The highest BCUT2D eigenvalue weighted by Crippen LogP contribution is 2.09. The minimum atomic E-state index is 0. The highest BCUT2D eigenvalue weighted by molar-refractivity contribution is 4.77. The second-order valence-corrected chi connectivity index (χ2v) is 3.90. The molecule has 0 spiro atoms. The molecular formula is C14H35N3. The molecule has 2 heterocycles. The Balaban J connectivity index is 0. The van der Waals surface area contributed by atoms with E-state index in [0.717, 1.165) is 5.92 Å². The minimum absolute atomic E-state index is 0. The Kier molecular flexibility index (Phi) is 15.8. The first-order chi connectivity index (χ1) is 7.95. The van der Waals surface area contributed by atoms with Crippen molar-refractivity contribution in [1.29, 1.82) is 0 Å². The van der Waals surface area contributed by atoms with Gasteiger partial charge in [0, 0.05) is 26.2 Å².